The van der Waals surface area contributed by atoms with Crippen LogP contribution in [0.25, 0.3) is 11.3 Å². The van der Waals surface area contributed by atoms with E-state index >= 15 is 0 Å². The zero-order valence-corrected chi connectivity index (χ0v) is 15.4. The van der Waals surface area contributed by atoms with Crippen LogP contribution >= 0.6 is 0 Å². The SMILES string of the molecule is CC(C)(C)OC(=O)N1CCCC1C(=O)Cc1cc(-c2ccccc2)no1. The van der Waals surface area contributed by atoms with Crippen molar-refractivity contribution in [1.82, 2.24) is 10.1 Å². The molecule has 26 heavy (non-hydrogen) atoms. The zero-order valence-electron chi connectivity index (χ0n) is 15.4. The summed E-state index contributed by atoms with van der Waals surface area (Å²) in [4.78, 5) is 26.6. The second kappa shape index (κ2) is 7.32. The third kappa shape index (κ3) is 4.31. The number of ether oxygens (including phenoxy) is 1. The average molecular weight is 356 g/mol. The molecule has 1 aromatic carbocycles. The molecule has 6 heteroatoms. The number of carbonyl (C=O) groups excluding carboxylic acids is 2. The average Bonchev–Trinajstić information content (AvgIpc) is 3.23. The van der Waals surface area contributed by atoms with Gasteiger partial charge in [-0.05, 0) is 33.6 Å². The van der Waals surface area contributed by atoms with Crippen LogP contribution in [0.1, 0.15) is 39.4 Å². The van der Waals surface area contributed by atoms with E-state index in [4.69, 9.17) is 9.26 Å². The highest BCUT2D eigenvalue weighted by molar-refractivity contribution is 5.89. The third-order valence-corrected chi connectivity index (χ3v) is 4.23. The maximum Gasteiger partial charge on any atom is 0.410 e. The Kier molecular flexibility index (Phi) is 5.11. The first kappa shape index (κ1) is 18.2. The van der Waals surface area contributed by atoms with E-state index in [-0.39, 0.29) is 12.2 Å². The molecule has 2 heterocycles. The van der Waals surface area contributed by atoms with Gasteiger partial charge in [0.1, 0.15) is 17.1 Å². The maximum absolute atomic E-state index is 12.7. The summed E-state index contributed by atoms with van der Waals surface area (Å²) >= 11 is 0. The summed E-state index contributed by atoms with van der Waals surface area (Å²) in [5.74, 6) is 0.453. The van der Waals surface area contributed by atoms with Gasteiger partial charge in [-0.3, -0.25) is 9.69 Å². The number of benzene rings is 1. The summed E-state index contributed by atoms with van der Waals surface area (Å²) in [6.45, 7) is 5.99. The van der Waals surface area contributed by atoms with Gasteiger partial charge in [-0.15, -0.1) is 0 Å². The van der Waals surface area contributed by atoms with Gasteiger partial charge in [0.15, 0.2) is 5.78 Å². The minimum atomic E-state index is -0.581. The first-order valence-corrected chi connectivity index (χ1v) is 8.87. The number of hydrogen-bond donors (Lipinski definition) is 0. The van der Waals surface area contributed by atoms with E-state index in [9.17, 15) is 9.59 Å². The predicted molar refractivity (Wildman–Crippen MR) is 96.6 cm³/mol. The lowest BCUT2D eigenvalue weighted by Gasteiger charge is -2.27. The first-order chi connectivity index (χ1) is 12.3. The molecule has 138 valence electrons. The Morgan fingerprint density at radius 2 is 2.00 bits per heavy atom. The highest BCUT2D eigenvalue weighted by Crippen LogP contribution is 2.24. The van der Waals surface area contributed by atoms with E-state index in [1.165, 1.54) is 4.90 Å². The Labute approximate surface area is 153 Å². The summed E-state index contributed by atoms with van der Waals surface area (Å²) in [5.41, 5.74) is 1.05. The van der Waals surface area contributed by atoms with Gasteiger partial charge in [0.05, 0.1) is 12.5 Å². The molecule has 1 fully saturated rings. The lowest BCUT2D eigenvalue weighted by atomic mass is 10.1. The van der Waals surface area contributed by atoms with Gasteiger partial charge >= 0.3 is 6.09 Å². The van der Waals surface area contributed by atoms with E-state index in [1.54, 1.807) is 6.07 Å². The molecule has 0 spiro atoms. The van der Waals surface area contributed by atoms with E-state index in [0.717, 1.165) is 12.0 Å². The van der Waals surface area contributed by atoms with Crippen LogP contribution < -0.4 is 0 Å². The van der Waals surface area contributed by atoms with Crippen molar-refractivity contribution in [3.8, 4) is 11.3 Å². The number of aromatic nitrogens is 1. The molecule has 6 nitrogen and oxygen atoms in total. The Balaban J connectivity index is 1.66. The summed E-state index contributed by atoms with van der Waals surface area (Å²) in [7, 11) is 0. The molecule has 0 radical (unpaired) electrons. The smallest absolute Gasteiger partial charge is 0.410 e. The van der Waals surface area contributed by atoms with Gasteiger partial charge in [-0.2, -0.15) is 0 Å². The normalized spacial score (nSPS) is 17.3. The Morgan fingerprint density at radius 3 is 2.69 bits per heavy atom. The second-order valence-corrected chi connectivity index (χ2v) is 7.52. The number of Topliss-reactive ketones (excluding diaryl/α,β-unsaturated/α-hetero) is 1. The molecule has 0 bridgehead atoms. The van der Waals surface area contributed by atoms with Crippen LogP contribution in [0.3, 0.4) is 0 Å². The second-order valence-electron chi connectivity index (χ2n) is 7.52. The lowest BCUT2D eigenvalue weighted by Crippen LogP contribution is -2.43. The highest BCUT2D eigenvalue weighted by Gasteiger charge is 2.36. The summed E-state index contributed by atoms with van der Waals surface area (Å²) in [5, 5.41) is 4.04. The van der Waals surface area contributed by atoms with Crippen molar-refractivity contribution < 1.29 is 18.8 Å². The number of hydrogen-bond acceptors (Lipinski definition) is 5. The van der Waals surface area contributed by atoms with Gasteiger partial charge in [0, 0.05) is 18.2 Å². The predicted octanol–water partition coefficient (Wildman–Crippen LogP) is 3.85. The topological polar surface area (TPSA) is 72.6 Å². The van der Waals surface area contributed by atoms with Gasteiger partial charge in [-0.1, -0.05) is 35.5 Å². The van der Waals surface area contributed by atoms with Crippen molar-refractivity contribution in [1.29, 1.82) is 0 Å². The van der Waals surface area contributed by atoms with Crippen molar-refractivity contribution in [2.45, 2.75) is 51.7 Å². The molecule has 0 N–H and O–H groups in total. The Morgan fingerprint density at radius 1 is 1.27 bits per heavy atom. The Bertz CT molecular complexity index is 777. The van der Waals surface area contributed by atoms with E-state index in [1.807, 2.05) is 51.1 Å². The van der Waals surface area contributed by atoms with Crippen LogP contribution in [0, 0.1) is 0 Å². The van der Waals surface area contributed by atoms with Gasteiger partial charge < -0.3 is 9.26 Å². The van der Waals surface area contributed by atoms with Gasteiger partial charge in [-0.25, -0.2) is 4.79 Å². The number of carbonyl (C=O) groups is 2. The summed E-state index contributed by atoms with van der Waals surface area (Å²) < 4.78 is 10.7. The minimum Gasteiger partial charge on any atom is -0.444 e. The molecule has 2 aromatic rings. The van der Waals surface area contributed by atoms with E-state index < -0.39 is 17.7 Å². The summed E-state index contributed by atoms with van der Waals surface area (Å²) in [6, 6.07) is 11.0. The number of ketones is 1. The fourth-order valence-electron chi connectivity index (χ4n) is 3.07. The number of rotatable bonds is 4. The van der Waals surface area contributed by atoms with Crippen molar-refractivity contribution >= 4 is 11.9 Å². The van der Waals surface area contributed by atoms with Crippen LogP contribution in [0.15, 0.2) is 40.9 Å². The van der Waals surface area contributed by atoms with Crippen molar-refractivity contribution in [2.24, 2.45) is 0 Å². The van der Waals surface area contributed by atoms with Gasteiger partial charge in [0.2, 0.25) is 0 Å². The first-order valence-electron chi connectivity index (χ1n) is 8.87. The number of likely N-dealkylation sites (tertiary alicyclic amines) is 1. The molecule has 1 amide bonds. The maximum atomic E-state index is 12.7. The number of nitrogens with zero attached hydrogens (tertiary/aromatic N) is 2. The fraction of sp³-hybridized carbons (Fsp3) is 0.450. The molecule has 1 aliphatic rings. The molecule has 0 aliphatic carbocycles. The monoisotopic (exact) mass is 356 g/mol. The molecule has 1 aromatic heterocycles. The molecular weight excluding hydrogens is 332 g/mol. The van der Waals surface area contributed by atoms with Crippen molar-refractivity contribution in [3.63, 3.8) is 0 Å². The quantitative estimate of drug-likeness (QED) is 0.832. The molecule has 0 saturated carbocycles. The molecular formula is C20H24N2O4. The van der Waals surface area contributed by atoms with E-state index in [0.29, 0.717) is 24.4 Å². The zero-order chi connectivity index (χ0) is 18.7. The van der Waals surface area contributed by atoms with Crippen molar-refractivity contribution in [3.05, 3.63) is 42.2 Å². The molecule has 1 saturated heterocycles. The standard InChI is InChI=1S/C20H24N2O4/c1-20(2,3)25-19(24)22-11-7-10-17(22)18(23)13-15-12-16(21-26-15)14-8-5-4-6-9-14/h4-6,8-9,12,17H,7,10-11,13H2,1-3H3. The van der Waals surface area contributed by atoms with Gasteiger partial charge in [0.25, 0.3) is 0 Å². The van der Waals surface area contributed by atoms with E-state index in [2.05, 4.69) is 5.16 Å². The molecule has 1 aliphatic heterocycles. The Hall–Kier alpha value is -2.63. The molecule has 1 atom stereocenters. The third-order valence-electron chi connectivity index (χ3n) is 4.23. The minimum absolute atomic E-state index is 0.0517. The van der Waals surface area contributed by atoms with Crippen LogP contribution in [0.2, 0.25) is 0 Å². The lowest BCUT2D eigenvalue weighted by molar-refractivity contribution is -0.123. The fourth-order valence-corrected chi connectivity index (χ4v) is 3.07. The molecule has 1 unspecified atom stereocenters. The number of amides is 1. The largest absolute Gasteiger partial charge is 0.444 e. The van der Waals surface area contributed by atoms with Crippen LogP contribution in [-0.4, -0.2) is 40.1 Å². The summed E-state index contributed by atoms with van der Waals surface area (Å²) in [6.07, 6.45) is 1.12. The van der Waals surface area contributed by atoms with Crippen LogP contribution in [-0.2, 0) is 16.0 Å². The van der Waals surface area contributed by atoms with Crippen LogP contribution in [0.4, 0.5) is 4.79 Å². The van der Waals surface area contributed by atoms with Crippen LogP contribution in [0.5, 0.6) is 0 Å². The highest BCUT2D eigenvalue weighted by atomic mass is 16.6. The van der Waals surface area contributed by atoms with Crippen molar-refractivity contribution in [2.75, 3.05) is 6.54 Å². The molecule has 3 rings (SSSR count).